The van der Waals surface area contributed by atoms with Gasteiger partial charge in [0.2, 0.25) is 0 Å². The van der Waals surface area contributed by atoms with Crippen molar-refractivity contribution in [2.75, 3.05) is 13.2 Å². The Labute approximate surface area is 151 Å². The lowest BCUT2D eigenvalue weighted by molar-refractivity contribution is -0.128. The fraction of sp³-hybridized carbons (Fsp3) is 0.316. The van der Waals surface area contributed by atoms with Crippen molar-refractivity contribution in [2.24, 2.45) is 0 Å². The molecular weight excluding hydrogens is 342 g/mol. The maximum absolute atomic E-state index is 12.4. The van der Waals surface area contributed by atoms with Gasteiger partial charge in [0.1, 0.15) is 18.5 Å². The minimum Gasteiger partial charge on any atom is -0.486 e. The molecule has 2 atom stereocenters. The van der Waals surface area contributed by atoms with E-state index in [9.17, 15) is 4.79 Å². The molecule has 3 rings (SSSR count). The molecule has 1 aliphatic rings. The van der Waals surface area contributed by atoms with Crippen LogP contribution in [0.4, 0.5) is 0 Å². The second-order valence-corrected chi connectivity index (χ2v) is 6.15. The molecule has 0 aliphatic carbocycles. The van der Waals surface area contributed by atoms with Gasteiger partial charge in [0.15, 0.2) is 17.6 Å². The van der Waals surface area contributed by atoms with Crippen LogP contribution in [0, 0.1) is 0 Å². The Morgan fingerprint density at radius 2 is 1.96 bits per heavy atom. The summed E-state index contributed by atoms with van der Waals surface area (Å²) < 4.78 is 17.2. The second-order valence-electron chi connectivity index (χ2n) is 5.71. The molecule has 0 saturated heterocycles. The van der Waals surface area contributed by atoms with Crippen molar-refractivity contribution < 1.29 is 19.0 Å². The zero-order chi connectivity index (χ0) is 17.6. The maximum atomic E-state index is 12.4. The molecule has 5 nitrogen and oxygen atoms in total. The van der Waals surface area contributed by atoms with Crippen LogP contribution in [0.1, 0.15) is 13.3 Å². The lowest BCUT2D eigenvalue weighted by Crippen LogP contribution is -2.45. The number of carbonyl (C=O) groups excluding carboxylic acids is 1. The summed E-state index contributed by atoms with van der Waals surface area (Å²) in [7, 11) is 0. The van der Waals surface area contributed by atoms with Crippen LogP contribution in [0.5, 0.6) is 17.2 Å². The lowest BCUT2D eigenvalue weighted by atomic mass is 10.2. The molecule has 6 heteroatoms. The van der Waals surface area contributed by atoms with Crippen LogP contribution in [0.15, 0.2) is 48.5 Å². The Morgan fingerprint density at radius 1 is 1.24 bits per heavy atom. The van der Waals surface area contributed by atoms with Crippen LogP contribution in [0.2, 0.25) is 5.02 Å². The fourth-order valence-electron chi connectivity index (χ4n) is 2.49. The van der Waals surface area contributed by atoms with Gasteiger partial charge in [-0.25, -0.2) is 0 Å². The summed E-state index contributed by atoms with van der Waals surface area (Å²) in [6.45, 7) is 2.65. The smallest absolute Gasteiger partial charge is 0.261 e. The van der Waals surface area contributed by atoms with Gasteiger partial charge in [-0.15, -0.1) is 0 Å². The van der Waals surface area contributed by atoms with E-state index in [1.165, 1.54) is 0 Å². The summed E-state index contributed by atoms with van der Waals surface area (Å²) in [6.07, 6.45) is -0.246. The number of rotatable bonds is 6. The number of benzene rings is 2. The number of hydrogen-bond donors (Lipinski definition) is 1. The van der Waals surface area contributed by atoms with Gasteiger partial charge in [-0.05, 0) is 42.8 Å². The van der Waals surface area contributed by atoms with Crippen molar-refractivity contribution in [3.63, 3.8) is 0 Å². The Kier molecular flexibility index (Phi) is 5.66. The normalized spacial score (nSPS) is 16.8. The quantitative estimate of drug-likeness (QED) is 0.856. The topological polar surface area (TPSA) is 56.8 Å². The number of nitrogens with one attached hydrogen (secondary N) is 1. The van der Waals surface area contributed by atoms with Gasteiger partial charge in [0.25, 0.3) is 5.91 Å². The number of para-hydroxylation sites is 2. The van der Waals surface area contributed by atoms with E-state index in [1.54, 1.807) is 24.3 Å². The molecule has 0 aromatic heterocycles. The van der Waals surface area contributed by atoms with E-state index in [4.69, 9.17) is 25.8 Å². The molecule has 1 amide bonds. The Bertz CT molecular complexity index is 720. The molecule has 1 aliphatic heterocycles. The van der Waals surface area contributed by atoms with Gasteiger partial charge >= 0.3 is 0 Å². The van der Waals surface area contributed by atoms with E-state index in [0.717, 1.165) is 5.75 Å². The minimum absolute atomic E-state index is 0.181. The molecule has 0 saturated carbocycles. The standard InChI is InChI=1S/C19H20ClNO4/c1-2-16(24-14-9-7-13(20)8-10-14)19(22)21-11-15-12-23-17-5-3-4-6-18(17)25-15/h3-10,15-16H,2,11-12H2,1H3,(H,21,22). The number of hydrogen-bond acceptors (Lipinski definition) is 4. The molecule has 1 heterocycles. The average Bonchev–Trinajstić information content (AvgIpc) is 2.65. The van der Waals surface area contributed by atoms with Gasteiger partial charge in [-0.1, -0.05) is 30.7 Å². The lowest BCUT2D eigenvalue weighted by Gasteiger charge is -2.27. The first-order valence-corrected chi connectivity index (χ1v) is 8.62. The van der Waals surface area contributed by atoms with Crippen LogP contribution in [0.25, 0.3) is 0 Å². The van der Waals surface area contributed by atoms with Gasteiger partial charge in [-0.2, -0.15) is 0 Å². The van der Waals surface area contributed by atoms with E-state index in [2.05, 4.69) is 5.32 Å². The molecule has 0 radical (unpaired) electrons. The van der Waals surface area contributed by atoms with Crippen LogP contribution in [0.3, 0.4) is 0 Å². The second kappa shape index (κ2) is 8.12. The number of halogens is 1. The highest BCUT2D eigenvalue weighted by Gasteiger charge is 2.23. The van der Waals surface area contributed by atoms with Crippen molar-refractivity contribution in [3.8, 4) is 17.2 Å². The predicted octanol–water partition coefficient (Wildman–Crippen LogP) is 3.45. The molecule has 2 aromatic rings. The summed E-state index contributed by atoms with van der Waals surface area (Å²) in [4.78, 5) is 12.4. The molecular formula is C19H20ClNO4. The number of amides is 1. The van der Waals surface area contributed by atoms with Crippen molar-refractivity contribution in [2.45, 2.75) is 25.6 Å². The third kappa shape index (κ3) is 4.57. The van der Waals surface area contributed by atoms with Crippen molar-refractivity contribution >= 4 is 17.5 Å². The van der Waals surface area contributed by atoms with Crippen LogP contribution in [-0.2, 0) is 4.79 Å². The third-order valence-corrected chi connectivity index (χ3v) is 4.08. The number of ether oxygens (including phenoxy) is 3. The molecule has 25 heavy (non-hydrogen) atoms. The van der Waals surface area contributed by atoms with Crippen LogP contribution >= 0.6 is 11.6 Å². The molecule has 0 spiro atoms. The zero-order valence-corrected chi connectivity index (χ0v) is 14.7. The Balaban J connectivity index is 1.52. The molecule has 1 N–H and O–H groups in total. The summed E-state index contributed by atoms with van der Waals surface area (Å²) >= 11 is 5.86. The predicted molar refractivity (Wildman–Crippen MR) is 95.5 cm³/mol. The highest BCUT2D eigenvalue weighted by molar-refractivity contribution is 6.30. The number of carbonyl (C=O) groups is 1. The molecule has 2 aromatic carbocycles. The highest BCUT2D eigenvalue weighted by Crippen LogP contribution is 2.30. The average molecular weight is 362 g/mol. The first-order chi connectivity index (χ1) is 12.2. The van der Waals surface area contributed by atoms with Gasteiger partial charge in [0.05, 0.1) is 6.54 Å². The Hall–Kier alpha value is -2.40. The molecule has 132 valence electrons. The first-order valence-electron chi connectivity index (χ1n) is 8.24. The first kappa shape index (κ1) is 17.4. The molecule has 0 bridgehead atoms. The van der Waals surface area contributed by atoms with E-state index >= 15 is 0 Å². The van der Waals surface area contributed by atoms with E-state index in [1.807, 2.05) is 31.2 Å². The third-order valence-electron chi connectivity index (χ3n) is 3.83. The summed E-state index contributed by atoms with van der Waals surface area (Å²) in [5.41, 5.74) is 0. The molecule has 2 unspecified atom stereocenters. The van der Waals surface area contributed by atoms with Gasteiger partial charge in [0, 0.05) is 5.02 Å². The summed E-state index contributed by atoms with van der Waals surface area (Å²) in [5.74, 6) is 1.84. The van der Waals surface area contributed by atoms with Gasteiger partial charge < -0.3 is 19.5 Å². The van der Waals surface area contributed by atoms with Crippen molar-refractivity contribution in [1.82, 2.24) is 5.32 Å². The van der Waals surface area contributed by atoms with E-state index in [-0.39, 0.29) is 12.0 Å². The zero-order valence-electron chi connectivity index (χ0n) is 13.9. The van der Waals surface area contributed by atoms with E-state index in [0.29, 0.717) is 36.1 Å². The summed E-state index contributed by atoms with van der Waals surface area (Å²) in [6, 6.07) is 14.4. The minimum atomic E-state index is -0.571. The monoisotopic (exact) mass is 361 g/mol. The summed E-state index contributed by atoms with van der Waals surface area (Å²) in [5, 5.41) is 3.50. The maximum Gasteiger partial charge on any atom is 0.261 e. The largest absolute Gasteiger partial charge is 0.486 e. The fourth-order valence-corrected chi connectivity index (χ4v) is 2.62. The van der Waals surface area contributed by atoms with Crippen molar-refractivity contribution in [1.29, 1.82) is 0 Å². The number of fused-ring (bicyclic) bond motifs is 1. The van der Waals surface area contributed by atoms with Crippen LogP contribution in [-0.4, -0.2) is 31.3 Å². The van der Waals surface area contributed by atoms with Crippen molar-refractivity contribution in [3.05, 3.63) is 53.6 Å². The Morgan fingerprint density at radius 3 is 2.68 bits per heavy atom. The van der Waals surface area contributed by atoms with Gasteiger partial charge in [-0.3, -0.25) is 4.79 Å². The molecule has 0 fully saturated rings. The SMILES string of the molecule is CCC(Oc1ccc(Cl)cc1)C(=O)NCC1COc2ccccc2O1. The van der Waals surface area contributed by atoms with Crippen LogP contribution < -0.4 is 19.5 Å². The van der Waals surface area contributed by atoms with E-state index < -0.39 is 6.10 Å². The highest BCUT2D eigenvalue weighted by atomic mass is 35.5.